The first-order chi connectivity index (χ1) is 17.0. The summed E-state index contributed by atoms with van der Waals surface area (Å²) in [6, 6.07) is 16.1. The fraction of sp³-hybridized carbons (Fsp3) is 0.241. The molecule has 0 aromatic heterocycles. The van der Waals surface area contributed by atoms with Gasteiger partial charge in [-0.2, -0.15) is 0 Å². The van der Waals surface area contributed by atoms with Crippen LogP contribution < -0.4 is 16.2 Å². The number of allylic oxidation sites excluding steroid dienone is 2. The van der Waals surface area contributed by atoms with Crippen LogP contribution in [-0.4, -0.2) is 48.3 Å². The van der Waals surface area contributed by atoms with E-state index in [0.717, 1.165) is 66.5 Å². The third kappa shape index (κ3) is 5.61. The number of aliphatic imine (C=N–C) groups is 1. The number of piperazine rings is 1. The number of hydrogen-bond donors (Lipinski definition) is 2. The van der Waals surface area contributed by atoms with Gasteiger partial charge in [-0.15, -0.1) is 0 Å². The van der Waals surface area contributed by atoms with Gasteiger partial charge in [-0.05, 0) is 49.4 Å². The summed E-state index contributed by atoms with van der Waals surface area (Å²) in [7, 11) is 0. The van der Waals surface area contributed by atoms with Crippen molar-refractivity contribution in [1.29, 1.82) is 0 Å². The third-order valence-corrected chi connectivity index (χ3v) is 6.43. The van der Waals surface area contributed by atoms with Gasteiger partial charge in [-0.25, -0.2) is 0 Å². The Hall–Kier alpha value is -3.90. The number of aryl methyl sites for hydroxylation is 1. The van der Waals surface area contributed by atoms with Gasteiger partial charge in [0, 0.05) is 49.7 Å². The summed E-state index contributed by atoms with van der Waals surface area (Å²) >= 11 is 0. The number of aromatic nitrogens is 1. The lowest BCUT2D eigenvalue weighted by Gasteiger charge is -2.36. The quantitative estimate of drug-likeness (QED) is 0.392. The Bertz CT molecular complexity index is 1310. The SMILES string of the molecule is C=C/C=C\C(=C/N)CN1CCN(c2ccc(C)c(/N=C(\C)c3c4cccccc-4[nH]c3=O)c2)CC1. The summed E-state index contributed by atoms with van der Waals surface area (Å²) in [4.78, 5) is 25.3. The second-order valence-electron chi connectivity index (χ2n) is 8.83. The molecule has 35 heavy (non-hydrogen) atoms. The fourth-order valence-corrected chi connectivity index (χ4v) is 4.47. The van der Waals surface area contributed by atoms with E-state index in [1.165, 1.54) is 0 Å². The molecule has 2 heterocycles. The smallest absolute Gasteiger partial charge is 0.258 e. The normalized spacial score (nSPS) is 15.8. The topological polar surface area (TPSA) is 77.7 Å². The van der Waals surface area contributed by atoms with Gasteiger partial charge in [0.1, 0.15) is 0 Å². The summed E-state index contributed by atoms with van der Waals surface area (Å²) < 4.78 is 0. The molecular weight excluding hydrogens is 434 g/mol. The fourth-order valence-electron chi connectivity index (χ4n) is 4.47. The van der Waals surface area contributed by atoms with E-state index in [0.29, 0.717) is 11.3 Å². The molecule has 0 radical (unpaired) electrons. The molecule has 6 heteroatoms. The van der Waals surface area contributed by atoms with Gasteiger partial charge in [-0.3, -0.25) is 14.7 Å². The molecular formula is C29H33N5O. The molecule has 1 aliphatic carbocycles. The van der Waals surface area contributed by atoms with Gasteiger partial charge >= 0.3 is 0 Å². The van der Waals surface area contributed by atoms with Crippen LogP contribution in [0.25, 0.3) is 11.3 Å². The first kappa shape index (κ1) is 24.2. The van der Waals surface area contributed by atoms with Crippen molar-refractivity contribution in [3.63, 3.8) is 0 Å². The number of anilines is 1. The van der Waals surface area contributed by atoms with Crippen LogP contribution in [-0.2, 0) is 0 Å². The number of aromatic amines is 1. The average Bonchev–Trinajstić information content (AvgIpc) is 3.01. The number of fused-ring (bicyclic) bond motifs is 1. The maximum atomic E-state index is 12.7. The van der Waals surface area contributed by atoms with Crippen molar-refractivity contribution in [3.8, 4) is 11.3 Å². The largest absolute Gasteiger partial charge is 0.404 e. The summed E-state index contributed by atoms with van der Waals surface area (Å²) in [6.07, 6.45) is 7.35. The Labute approximate surface area is 207 Å². The minimum Gasteiger partial charge on any atom is -0.404 e. The molecule has 180 valence electrons. The van der Waals surface area contributed by atoms with Crippen LogP contribution >= 0.6 is 0 Å². The van der Waals surface area contributed by atoms with Gasteiger partial charge < -0.3 is 15.6 Å². The van der Waals surface area contributed by atoms with Crippen molar-refractivity contribution < 1.29 is 0 Å². The van der Waals surface area contributed by atoms with E-state index >= 15 is 0 Å². The Kier molecular flexibility index (Phi) is 7.63. The molecule has 0 amide bonds. The summed E-state index contributed by atoms with van der Waals surface area (Å²) in [5, 5.41) is 0. The molecule has 3 aliphatic rings. The first-order valence-corrected chi connectivity index (χ1v) is 11.9. The van der Waals surface area contributed by atoms with Crippen molar-refractivity contribution in [3.05, 3.63) is 107 Å². The third-order valence-electron chi connectivity index (χ3n) is 6.43. The molecule has 0 atom stereocenters. The van der Waals surface area contributed by atoms with Crippen molar-refractivity contribution in [2.75, 3.05) is 37.6 Å². The predicted molar refractivity (Wildman–Crippen MR) is 147 cm³/mol. The number of hydrogen-bond acceptors (Lipinski definition) is 5. The molecule has 2 aliphatic heterocycles. The lowest BCUT2D eigenvalue weighted by molar-refractivity contribution is 0.280. The molecule has 0 unspecified atom stereocenters. The van der Waals surface area contributed by atoms with E-state index in [9.17, 15) is 4.79 Å². The highest BCUT2D eigenvalue weighted by molar-refractivity contribution is 6.05. The van der Waals surface area contributed by atoms with Gasteiger partial charge in [0.15, 0.2) is 0 Å². The summed E-state index contributed by atoms with van der Waals surface area (Å²) in [5.74, 6) is 0. The minimum atomic E-state index is -0.105. The van der Waals surface area contributed by atoms with E-state index in [2.05, 4.69) is 46.5 Å². The Balaban J connectivity index is 1.51. The zero-order chi connectivity index (χ0) is 24.8. The number of nitrogens with zero attached hydrogens (tertiary/aromatic N) is 3. The molecule has 1 aromatic carbocycles. The van der Waals surface area contributed by atoms with E-state index in [1.54, 1.807) is 12.3 Å². The highest BCUT2D eigenvalue weighted by Crippen LogP contribution is 2.29. The molecule has 1 aromatic rings. The van der Waals surface area contributed by atoms with Crippen molar-refractivity contribution >= 4 is 17.1 Å². The summed E-state index contributed by atoms with van der Waals surface area (Å²) in [6.45, 7) is 12.3. The molecule has 0 bridgehead atoms. The second kappa shape index (κ2) is 11.0. The molecule has 1 fully saturated rings. The van der Waals surface area contributed by atoms with Crippen LogP contribution in [0.3, 0.4) is 0 Å². The van der Waals surface area contributed by atoms with Gasteiger partial charge in [0.25, 0.3) is 5.56 Å². The minimum absolute atomic E-state index is 0.105. The molecule has 1 saturated heterocycles. The van der Waals surface area contributed by atoms with Crippen LogP contribution in [0, 0.1) is 6.92 Å². The molecule has 6 nitrogen and oxygen atoms in total. The highest BCUT2D eigenvalue weighted by atomic mass is 16.1. The predicted octanol–water partition coefficient (Wildman–Crippen LogP) is 4.64. The highest BCUT2D eigenvalue weighted by Gasteiger charge is 2.19. The number of H-pyrrole nitrogens is 1. The molecule has 4 rings (SSSR count). The van der Waals surface area contributed by atoms with Gasteiger partial charge in [0.2, 0.25) is 0 Å². The van der Waals surface area contributed by atoms with Crippen LogP contribution in [0.2, 0.25) is 0 Å². The lowest BCUT2D eigenvalue weighted by Crippen LogP contribution is -2.46. The molecule has 3 N–H and O–H groups in total. The Morgan fingerprint density at radius 2 is 1.91 bits per heavy atom. The first-order valence-electron chi connectivity index (χ1n) is 11.9. The number of benzene rings is 1. The van der Waals surface area contributed by atoms with Crippen LogP contribution in [0.1, 0.15) is 18.1 Å². The molecule has 0 spiro atoms. The maximum absolute atomic E-state index is 12.7. The van der Waals surface area contributed by atoms with Crippen LogP contribution in [0.4, 0.5) is 11.4 Å². The Morgan fingerprint density at radius 1 is 1.14 bits per heavy atom. The van der Waals surface area contributed by atoms with Crippen molar-refractivity contribution in [1.82, 2.24) is 9.88 Å². The van der Waals surface area contributed by atoms with Crippen molar-refractivity contribution in [2.24, 2.45) is 10.7 Å². The standard InChI is InChI=1S/C29H33N5O/c1-4-5-9-23(19-30)20-33-14-16-34(17-15-33)24-13-12-21(2)27(18-24)31-22(3)28-25-10-7-6-8-11-26(25)32-29(28)35/h4-13,18-19H,1,14-17,20,30H2,2-3H3,(H,32,35)/b9-5-,23-19+,31-22+. The zero-order valence-electron chi connectivity index (χ0n) is 20.5. The Morgan fingerprint density at radius 3 is 2.66 bits per heavy atom. The van der Waals surface area contributed by atoms with Gasteiger partial charge in [0.05, 0.1) is 17.0 Å². The van der Waals surface area contributed by atoms with Gasteiger partial charge in [-0.1, -0.05) is 55.1 Å². The van der Waals surface area contributed by atoms with E-state index < -0.39 is 0 Å². The zero-order valence-corrected chi connectivity index (χ0v) is 20.5. The molecule has 0 saturated carbocycles. The maximum Gasteiger partial charge on any atom is 0.258 e. The average molecular weight is 468 g/mol. The van der Waals surface area contributed by atoms with E-state index in [-0.39, 0.29) is 5.56 Å². The monoisotopic (exact) mass is 467 g/mol. The summed E-state index contributed by atoms with van der Waals surface area (Å²) in [5.41, 5.74) is 12.9. The number of nitrogens with two attached hydrogens (primary N) is 1. The lowest BCUT2D eigenvalue weighted by atomic mass is 10.1. The van der Waals surface area contributed by atoms with E-state index in [1.807, 2.05) is 49.4 Å². The van der Waals surface area contributed by atoms with Crippen molar-refractivity contribution in [2.45, 2.75) is 13.8 Å². The van der Waals surface area contributed by atoms with Crippen LogP contribution in [0.15, 0.2) is 94.9 Å². The van der Waals surface area contributed by atoms with Crippen LogP contribution in [0.5, 0.6) is 0 Å². The number of nitrogens with one attached hydrogen (secondary N) is 1. The second-order valence-corrected chi connectivity index (χ2v) is 8.83. The van der Waals surface area contributed by atoms with E-state index in [4.69, 9.17) is 10.7 Å². The number of rotatable bonds is 7.